The van der Waals surface area contributed by atoms with Gasteiger partial charge in [0.1, 0.15) is 5.82 Å². The molecule has 2 aromatic rings. The van der Waals surface area contributed by atoms with Gasteiger partial charge >= 0.3 is 0 Å². The van der Waals surface area contributed by atoms with Crippen LogP contribution in [0.4, 0.5) is 5.82 Å². The molecule has 0 radical (unpaired) electrons. The molecule has 1 aliphatic carbocycles. The van der Waals surface area contributed by atoms with Gasteiger partial charge in [-0.25, -0.2) is 4.98 Å². The molecule has 1 heterocycles. The standard InChI is InChI=1S/C16H18N2/c1-11-9-13(10-18-16(11)17)15-8-3-2-7-14(15)12-5-4-6-12/h2-3,7-10,12H,4-6H2,1H3,(H2,17,18). The summed E-state index contributed by atoms with van der Waals surface area (Å²) in [5.41, 5.74) is 10.8. The summed E-state index contributed by atoms with van der Waals surface area (Å²) in [5, 5.41) is 0. The number of nitrogens with two attached hydrogens (primary N) is 1. The second-order valence-corrected chi connectivity index (χ2v) is 5.14. The molecular formula is C16H18N2. The summed E-state index contributed by atoms with van der Waals surface area (Å²) in [5.74, 6) is 1.36. The molecule has 1 aromatic heterocycles. The third-order valence-electron chi connectivity index (χ3n) is 3.94. The van der Waals surface area contributed by atoms with Crippen LogP contribution in [0.25, 0.3) is 11.1 Å². The molecule has 0 bridgehead atoms. The summed E-state index contributed by atoms with van der Waals surface area (Å²) in [6.07, 6.45) is 5.88. The van der Waals surface area contributed by atoms with Gasteiger partial charge in [-0.1, -0.05) is 30.7 Å². The molecular weight excluding hydrogens is 220 g/mol. The maximum atomic E-state index is 5.79. The van der Waals surface area contributed by atoms with Gasteiger partial charge in [0.25, 0.3) is 0 Å². The van der Waals surface area contributed by atoms with Gasteiger partial charge in [0.15, 0.2) is 0 Å². The zero-order valence-corrected chi connectivity index (χ0v) is 10.7. The fourth-order valence-corrected chi connectivity index (χ4v) is 2.57. The number of hydrogen-bond donors (Lipinski definition) is 1. The van der Waals surface area contributed by atoms with Crippen molar-refractivity contribution in [1.29, 1.82) is 0 Å². The molecule has 0 spiro atoms. The molecule has 2 nitrogen and oxygen atoms in total. The van der Waals surface area contributed by atoms with Crippen molar-refractivity contribution in [2.75, 3.05) is 5.73 Å². The van der Waals surface area contributed by atoms with Gasteiger partial charge in [0.2, 0.25) is 0 Å². The van der Waals surface area contributed by atoms with Crippen LogP contribution in [0, 0.1) is 6.92 Å². The first kappa shape index (κ1) is 11.3. The summed E-state index contributed by atoms with van der Waals surface area (Å²) in [4.78, 5) is 4.28. The van der Waals surface area contributed by atoms with E-state index < -0.39 is 0 Å². The lowest BCUT2D eigenvalue weighted by atomic mass is 9.77. The van der Waals surface area contributed by atoms with Crippen LogP contribution in [0.2, 0.25) is 0 Å². The van der Waals surface area contributed by atoms with E-state index >= 15 is 0 Å². The smallest absolute Gasteiger partial charge is 0.126 e. The third kappa shape index (κ3) is 1.88. The molecule has 0 unspecified atom stereocenters. The largest absolute Gasteiger partial charge is 0.383 e. The van der Waals surface area contributed by atoms with Crippen LogP contribution in [-0.4, -0.2) is 4.98 Å². The van der Waals surface area contributed by atoms with Crippen molar-refractivity contribution in [3.8, 4) is 11.1 Å². The first-order valence-electron chi connectivity index (χ1n) is 6.57. The Morgan fingerprint density at radius 3 is 2.67 bits per heavy atom. The van der Waals surface area contributed by atoms with Crippen LogP contribution >= 0.6 is 0 Å². The second-order valence-electron chi connectivity index (χ2n) is 5.14. The van der Waals surface area contributed by atoms with Gasteiger partial charge < -0.3 is 5.73 Å². The molecule has 2 N–H and O–H groups in total. The average molecular weight is 238 g/mol. The molecule has 1 aliphatic rings. The summed E-state index contributed by atoms with van der Waals surface area (Å²) in [6, 6.07) is 10.8. The number of nitrogen functional groups attached to an aromatic ring is 1. The van der Waals surface area contributed by atoms with E-state index in [-0.39, 0.29) is 0 Å². The highest BCUT2D eigenvalue weighted by atomic mass is 14.8. The summed E-state index contributed by atoms with van der Waals surface area (Å²) in [7, 11) is 0. The Labute approximate surface area is 108 Å². The van der Waals surface area contributed by atoms with Gasteiger partial charge in [0, 0.05) is 11.8 Å². The summed E-state index contributed by atoms with van der Waals surface area (Å²) in [6.45, 7) is 2.01. The van der Waals surface area contributed by atoms with Crippen LogP contribution in [0.3, 0.4) is 0 Å². The summed E-state index contributed by atoms with van der Waals surface area (Å²) < 4.78 is 0. The lowest BCUT2D eigenvalue weighted by molar-refractivity contribution is 0.420. The molecule has 2 heteroatoms. The predicted octanol–water partition coefficient (Wildman–Crippen LogP) is 3.91. The minimum Gasteiger partial charge on any atom is -0.383 e. The Hall–Kier alpha value is -1.83. The Balaban J connectivity index is 2.07. The molecule has 1 fully saturated rings. The number of pyridine rings is 1. The zero-order valence-electron chi connectivity index (χ0n) is 10.7. The van der Waals surface area contributed by atoms with E-state index in [2.05, 4.69) is 35.3 Å². The van der Waals surface area contributed by atoms with Gasteiger partial charge in [0.05, 0.1) is 0 Å². The van der Waals surface area contributed by atoms with Gasteiger partial charge in [-0.05, 0) is 48.4 Å². The molecule has 3 rings (SSSR count). The highest BCUT2D eigenvalue weighted by Gasteiger charge is 2.22. The normalized spacial score (nSPS) is 15.4. The molecule has 18 heavy (non-hydrogen) atoms. The number of nitrogens with zero attached hydrogens (tertiary/aromatic N) is 1. The Morgan fingerprint density at radius 1 is 1.22 bits per heavy atom. The quantitative estimate of drug-likeness (QED) is 0.861. The molecule has 0 saturated heterocycles. The van der Waals surface area contributed by atoms with Crippen molar-refractivity contribution in [1.82, 2.24) is 4.98 Å². The van der Waals surface area contributed by atoms with Gasteiger partial charge in [-0.2, -0.15) is 0 Å². The van der Waals surface area contributed by atoms with Gasteiger partial charge in [-0.15, -0.1) is 0 Å². The number of rotatable bonds is 2. The Bertz CT molecular complexity index is 571. The Morgan fingerprint density at radius 2 is 2.00 bits per heavy atom. The van der Waals surface area contributed by atoms with Crippen molar-refractivity contribution < 1.29 is 0 Å². The highest BCUT2D eigenvalue weighted by Crippen LogP contribution is 2.41. The lowest BCUT2D eigenvalue weighted by Gasteiger charge is -2.28. The Kier molecular flexibility index (Phi) is 2.78. The van der Waals surface area contributed by atoms with Crippen molar-refractivity contribution in [3.63, 3.8) is 0 Å². The minimum absolute atomic E-state index is 0.625. The highest BCUT2D eigenvalue weighted by molar-refractivity contribution is 5.69. The van der Waals surface area contributed by atoms with Crippen LogP contribution in [0.5, 0.6) is 0 Å². The van der Waals surface area contributed by atoms with E-state index in [4.69, 9.17) is 5.73 Å². The van der Waals surface area contributed by atoms with Crippen molar-refractivity contribution >= 4 is 5.82 Å². The molecule has 0 amide bonds. The first-order valence-corrected chi connectivity index (χ1v) is 6.57. The van der Waals surface area contributed by atoms with E-state index in [1.54, 1.807) is 0 Å². The minimum atomic E-state index is 0.625. The monoisotopic (exact) mass is 238 g/mol. The van der Waals surface area contributed by atoms with E-state index in [1.165, 1.54) is 36.0 Å². The van der Waals surface area contributed by atoms with Crippen molar-refractivity contribution in [2.24, 2.45) is 0 Å². The molecule has 1 aromatic carbocycles. The number of aryl methyl sites for hydroxylation is 1. The maximum absolute atomic E-state index is 5.79. The zero-order chi connectivity index (χ0) is 12.5. The van der Waals surface area contributed by atoms with Gasteiger partial charge in [-0.3, -0.25) is 0 Å². The van der Waals surface area contributed by atoms with E-state index in [1.807, 2.05) is 13.1 Å². The first-order chi connectivity index (χ1) is 8.75. The average Bonchev–Trinajstić information content (AvgIpc) is 2.31. The van der Waals surface area contributed by atoms with Crippen molar-refractivity contribution in [3.05, 3.63) is 47.7 Å². The fourth-order valence-electron chi connectivity index (χ4n) is 2.57. The number of aromatic nitrogens is 1. The van der Waals surface area contributed by atoms with E-state index in [0.717, 1.165) is 11.5 Å². The second kappa shape index (κ2) is 4.45. The third-order valence-corrected chi connectivity index (χ3v) is 3.94. The number of anilines is 1. The van der Waals surface area contributed by atoms with Crippen LogP contribution in [-0.2, 0) is 0 Å². The SMILES string of the molecule is Cc1cc(-c2ccccc2C2CCC2)cnc1N. The van der Waals surface area contributed by atoms with E-state index in [0.29, 0.717) is 5.82 Å². The summed E-state index contributed by atoms with van der Waals surface area (Å²) >= 11 is 0. The molecule has 92 valence electrons. The topological polar surface area (TPSA) is 38.9 Å². The van der Waals surface area contributed by atoms with Crippen LogP contribution < -0.4 is 5.73 Å². The number of hydrogen-bond acceptors (Lipinski definition) is 2. The fraction of sp³-hybridized carbons (Fsp3) is 0.312. The molecule has 0 aliphatic heterocycles. The predicted molar refractivity (Wildman–Crippen MR) is 75.4 cm³/mol. The van der Waals surface area contributed by atoms with Crippen molar-refractivity contribution in [2.45, 2.75) is 32.1 Å². The molecule has 0 atom stereocenters. The van der Waals surface area contributed by atoms with Crippen LogP contribution in [0.1, 0.15) is 36.3 Å². The molecule has 1 saturated carbocycles. The van der Waals surface area contributed by atoms with Crippen LogP contribution in [0.15, 0.2) is 36.5 Å². The number of benzene rings is 1. The van der Waals surface area contributed by atoms with E-state index in [9.17, 15) is 0 Å². The maximum Gasteiger partial charge on any atom is 0.126 e. The lowest BCUT2D eigenvalue weighted by Crippen LogP contribution is -2.10.